The van der Waals surface area contributed by atoms with E-state index in [2.05, 4.69) is 24.8 Å². The second-order valence-electron chi connectivity index (χ2n) is 8.84. The van der Waals surface area contributed by atoms with Crippen molar-refractivity contribution < 1.29 is 0 Å². The molecule has 110 valence electrons. The number of rotatable bonds is 2. The van der Waals surface area contributed by atoms with Crippen LogP contribution in [0, 0.1) is 46.8 Å². The highest BCUT2D eigenvalue weighted by atomic mass is 15.2. The Balaban J connectivity index is 1.48. The average molecular weight is 272 g/mol. The van der Waals surface area contributed by atoms with Crippen LogP contribution in [0.2, 0.25) is 0 Å². The molecule has 1 saturated heterocycles. The van der Waals surface area contributed by atoms with E-state index in [4.69, 9.17) is 0 Å². The topological polar surface area (TPSA) is 27.0 Å². The SMILES string of the molecule is CC1(C)CC(C#N)CN1CC1C2CC3CC(C2)CC1C3. The van der Waals surface area contributed by atoms with E-state index < -0.39 is 0 Å². The molecule has 5 fully saturated rings. The fraction of sp³-hybridized carbons (Fsp3) is 0.944. The van der Waals surface area contributed by atoms with Crippen LogP contribution in [0.3, 0.4) is 0 Å². The summed E-state index contributed by atoms with van der Waals surface area (Å²) in [5.74, 6) is 5.40. The van der Waals surface area contributed by atoms with Crippen LogP contribution in [0.5, 0.6) is 0 Å². The van der Waals surface area contributed by atoms with Gasteiger partial charge in [-0.05, 0) is 82.0 Å². The first-order valence-electron chi connectivity index (χ1n) is 8.70. The minimum atomic E-state index is 0.245. The Hall–Kier alpha value is -0.550. The van der Waals surface area contributed by atoms with Crippen LogP contribution in [0.4, 0.5) is 0 Å². The molecule has 1 aliphatic heterocycles. The Bertz CT molecular complexity index is 405. The Morgan fingerprint density at radius 3 is 2.15 bits per heavy atom. The number of hydrogen-bond acceptors (Lipinski definition) is 2. The molecule has 1 atom stereocenters. The number of nitriles is 1. The van der Waals surface area contributed by atoms with E-state index in [0.29, 0.717) is 0 Å². The first-order valence-corrected chi connectivity index (χ1v) is 8.70. The summed E-state index contributed by atoms with van der Waals surface area (Å²) in [6.07, 6.45) is 8.70. The summed E-state index contributed by atoms with van der Waals surface area (Å²) >= 11 is 0. The third-order valence-corrected chi connectivity index (χ3v) is 7.08. The Morgan fingerprint density at radius 1 is 1.05 bits per heavy atom. The van der Waals surface area contributed by atoms with Crippen LogP contribution in [0.25, 0.3) is 0 Å². The molecule has 0 amide bonds. The number of hydrogen-bond donors (Lipinski definition) is 0. The Labute approximate surface area is 123 Å². The molecule has 4 aliphatic carbocycles. The molecule has 2 heteroatoms. The summed E-state index contributed by atoms with van der Waals surface area (Å²) in [5.41, 5.74) is 0.245. The molecular formula is C18H28N2. The average Bonchev–Trinajstić information content (AvgIpc) is 2.67. The Morgan fingerprint density at radius 2 is 1.65 bits per heavy atom. The second kappa shape index (κ2) is 4.47. The Kier molecular flexibility index (Phi) is 2.94. The van der Waals surface area contributed by atoms with Gasteiger partial charge in [-0.1, -0.05) is 0 Å². The van der Waals surface area contributed by atoms with E-state index in [1.165, 1.54) is 32.2 Å². The van der Waals surface area contributed by atoms with Gasteiger partial charge in [0, 0.05) is 18.6 Å². The smallest absolute Gasteiger partial charge is 0.0670 e. The molecule has 0 aromatic rings. The van der Waals surface area contributed by atoms with Crippen molar-refractivity contribution in [3.05, 3.63) is 0 Å². The molecule has 5 rings (SSSR count). The molecule has 0 N–H and O–H groups in total. The van der Waals surface area contributed by atoms with Gasteiger partial charge in [-0.15, -0.1) is 0 Å². The monoisotopic (exact) mass is 272 g/mol. The summed E-state index contributed by atoms with van der Waals surface area (Å²) in [6, 6.07) is 2.51. The minimum Gasteiger partial charge on any atom is -0.297 e. The van der Waals surface area contributed by atoms with Gasteiger partial charge in [-0.3, -0.25) is 4.90 Å². The normalized spacial score (nSPS) is 49.5. The van der Waals surface area contributed by atoms with Crippen LogP contribution in [-0.2, 0) is 0 Å². The lowest BCUT2D eigenvalue weighted by Gasteiger charge is -2.55. The summed E-state index contributed by atoms with van der Waals surface area (Å²) in [4.78, 5) is 2.66. The van der Waals surface area contributed by atoms with E-state index in [9.17, 15) is 5.26 Å². The van der Waals surface area contributed by atoms with Gasteiger partial charge in [0.2, 0.25) is 0 Å². The lowest BCUT2D eigenvalue weighted by atomic mass is 9.52. The lowest BCUT2D eigenvalue weighted by molar-refractivity contribution is -0.0550. The fourth-order valence-corrected chi connectivity index (χ4v) is 6.31. The standard InChI is InChI=1S/C18H28N2/c1-18(2)8-14(9-19)10-20(18)11-17-15-4-12-3-13(6-15)7-16(17)5-12/h12-17H,3-8,10-11H2,1-2H3. The van der Waals surface area contributed by atoms with Crippen LogP contribution < -0.4 is 0 Å². The van der Waals surface area contributed by atoms with Gasteiger partial charge in [-0.2, -0.15) is 5.26 Å². The van der Waals surface area contributed by atoms with E-state index in [1.807, 2.05) is 0 Å². The maximum atomic E-state index is 9.25. The highest BCUT2D eigenvalue weighted by Gasteiger charge is 2.50. The zero-order chi connectivity index (χ0) is 13.9. The second-order valence-corrected chi connectivity index (χ2v) is 8.84. The quantitative estimate of drug-likeness (QED) is 0.766. The predicted octanol–water partition coefficient (Wildman–Crippen LogP) is 3.68. The van der Waals surface area contributed by atoms with Gasteiger partial charge in [-0.25, -0.2) is 0 Å². The van der Waals surface area contributed by atoms with Crippen LogP contribution in [0.15, 0.2) is 0 Å². The van der Waals surface area contributed by atoms with Crippen molar-refractivity contribution in [2.45, 2.75) is 57.9 Å². The van der Waals surface area contributed by atoms with E-state index in [1.54, 1.807) is 6.42 Å². The first-order chi connectivity index (χ1) is 9.55. The molecular weight excluding hydrogens is 244 g/mol. The van der Waals surface area contributed by atoms with E-state index in [-0.39, 0.29) is 11.5 Å². The third-order valence-electron chi connectivity index (χ3n) is 7.08. The summed E-state index contributed by atoms with van der Waals surface area (Å²) in [6.45, 7) is 6.99. The van der Waals surface area contributed by atoms with E-state index >= 15 is 0 Å². The van der Waals surface area contributed by atoms with Gasteiger partial charge in [0.05, 0.1) is 12.0 Å². The zero-order valence-corrected chi connectivity index (χ0v) is 13.0. The molecule has 1 heterocycles. The molecule has 1 unspecified atom stereocenters. The maximum Gasteiger partial charge on any atom is 0.0670 e. The van der Waals surface area contributed by atoms with Crippen molar-refractivity contribution in [3.8, 4) is 6.07 Å². The summed E-state index contributed by atoms with van der Waals surface area (Å²) < 4.78 is 0. The molecule has 20 heavy (non-hydrogen) atoms. The highest BCUT2D eigenvalue weighted by molar-refractivity contribution is 5.04. The summed E-state index contributed by atoms with van der Waals surface area (Å²) in [5, 5.41) is 9.25. The number of nitrogens with zero attached hydrogens (tertiary/aromatic N) is 2. The maximum absolute atomic E-state index is 9.25. The van der Waals surface area contributed by atoms with E-state index in [0.717, 1.165) is 42.6 Å². The fourth-order valence-electron chi connectivity index (χ4n) is 6.31. The van der Waals surface area contributed by atoms with Crippen molar-refractivity contribution in [2.75, 3.05) is 13.1 Å². The minimum absolute atomic E-state index is 0.245. The first kappa shape index (κ1) is 13.1. The van der Waals surface area contributed by atoms with Crippen LogP contribution in [-0.4, -0.2) is 23.5 Å². The molecule has 4 saturated carbocycles. The molecule has 0 radical (unpaired) electrons. The summed E-state index contributed by atoms with van der Waals surface area (Å²) in [7, 11) is 0. The van der Waals surface area contributed by atoms with Crippen LogP contribution in [0.1, 0.15) is 52.4 Å². The largest absolute Gasteiger partial charge is 0.297 e. The van der Waals surface area contributed by atoms with Gasteiger partial charge in [0.25, 0.3) is 0 Å². The lowest BCUT2D eigenvalue weighted by Crippen LogP contribution is -2.51. The molecule has 5 aliphatic rings. The van der Waals surface area contributed by atoms with Gasteiger partial charge < -0.3 is 0 Å². The van der Waals surface area contributed by atoms with Crippen LogP contribution >= 0.6 is 0 Å². The zero-order valence-electron chi connectivity index (χ0n) is 13.0. The van der Waals surface area contributed by atoms with Crippen molar-refractivity contribution in [1.82, 2.24) is 4.90 Å². The molecule has 0 spiro atoms. The molecule has 0 aromatic heterocycles. The highest BCUT2D eigenvalue weighted by Crippen LogP contribution is 2.57. The number of likely N-dealkylation sites (tertiary alicyclic amines) is 1. The third kappa shape index (κ3) is 2.01. The molecule has 0 aromatic carbocycles. The van der Waals surface area contributed by atoms with Crippen molar-refractivity contribution in [2.24, 2.45) is 35.5 Å². The molecule has 4 bridgehead atoms. The van der Waals surface area contributed by atoms with Gasteiger partial charge in [0.1, 0.15) is 0 Å². The van der Waals surface area contributed by atoms with Gasteiger partial charge >= 0.3 is 0 Å². The van der Waals surface area contributed by atoms with Crippen molar-refractivity contribution in [3.63, 3.8) is 0 Å². The van der Waals surface area contributed by atoms with Gasteiger partial charge in [0.15, 0.2) is 0 Å². The predicted molar refractivity (Wildman–Crippen MR) is 79.9 cm³/mol. The molecule has 2 nitrogen and oxygen atoms in total. The van der Waals surface area contributed by atoms with Crippen molar-refractivity contribution >= 4 is 0 Å². The van der Waals surface area contributed by atoms with Crippen molar-refractivity contribution in [1.29, 1.82) is 5.26 Å².